The van der Waals surface area contributed by atoms with Gasteiger partial charge >= 0.3 is 0 Å². The fourth-order valence-electron chi connectivity index (χ4n) is 4.52. The molecule has 6 rings (SSSR count). The van der Waals surface area contributed by atoms with E-state index in [1.54, 1.807) is 18.4 Å². The Hall–Kier alpha value is -4.35. The lowest BCUT2D eigenvalue weighted by Crippen LogP contribution is -2.12. The molecule has 5 heteroatoms. The molecule has 0 fully saturated rings. The van der Waals surface area contributed by atoms with Crippen LogP contribution in [0.4, 0.5) is 5.69 Å². The minimum atomic E-state index is -0.120. The molecule has 0 saturated carbocycles. The van der Waals surface area contributed by atoms with Gasteiger partial charge in [0.1, 0.15) is 5.75 Å². The number of aromatic amines is 1. The highest BCUT2D eigenvalue weighted by atomic mass is 32.1. The molecule has 176 valence electrons. The minimum Gasteiger partial charge on any atom is -0.497 e. The molecule has 0 saturated heterocycles. The summed E-state index contributed by atoms with van der Waals surface area (Å²) in [6.07, 6.45) is 1.90. The Morgan fingerprint density at radius 1 is 0.833 bits per heavy atom. The molecule has 0 bridgehead atoms. The molecule has 4 nitrogen and oxygen atoms in total. The Labute approximate surface area is 213 Å². The first kappa shape index (κ1) is 22.1. The number of methoxy groups -OCH3 is 1. The van der Waals surface area contributed by atoms with Gasteiger partial charge in [-0.05, 0) is 78.2 Å². The molecule has 0 aliphatic rings. The molecule has 1 amide bonds. The highest BCUT2D eigenvalue weighted by Gasteiger charge is 2.21. The van der Waals surface area contributed by atoms with Crippen LogP contribution in [0.2, 0.25) is 0 Å². The Morgan fingerprint density at radius 2 is 1.58 bits per heavy atom. The lowest BCUT2D eigenvalue weighted by molar-refractivity contribution is 0.102. The number of hydrogen-bond acceptors (Lipinski definition) is 3. The zero-order valence-electron chi connectivity index (χ0n) is 20.0. The van der Waals surface area contributed by atoms with Crippen LogP contribution in [0.1, 0.15) is 15.9 Å². The van der Waals surface area contributed by atoms with Crippen molar-refractivity contribution < 1.29 is 9.53 Å². The topological polar surface area (TPSA) is 54.1 Å². The zero-order valence-corrected chi connectivity index (χ0v) is 20.8. The normalized spacial score (nSPS) is 11.2. The molecule has 36 heavy (non-hydrogen) atoms. The Balaban J connectivity index is 1.46. The summed E-state index contributed by atoms with van der Waals surface area (Å²) in [5.74, 6) is 0.664. The molecule has 0 unspecified atom stereocenters. The van der Waals surface area contributed by atoms with E-state index in [9.17, 15) is 4.79 Å². The van der Waals surface area contributed by atoms with Gasteiger partial charge in [0.25, 0.3) is 5.91 Å². The number of fused-ring (bicyclic) bond motifs is 2. The van der Waals surface area contributed by atoms with Gasteiger partial charge in [0.2, 0.25) is 0 Å². The fraction of sp³-hybridized carbons (Fsp3) is 0.0645. The van der Waals surface area contributed by atoms with Crippen molar-refractivity contribution in [3.8, 4) is 27.3 Å². The Bertz CT molecular complexity index is 1710. The zero-order chi connectivity index (χ0) is 24.6. The number of nitrogens with one attached hydrogen (secondary N) is 2. The molecule has 0 atom stereocenters. The molecule has 2 heterocycles. The van der Waals surface area contributed by atoms with Crippen LogP contribution in [0, 0.1) is 6.92 Å². The number of H-pyrrole nitrogens is 1. The molecular weight excluding hydrogens is 464 g/mol. The largest absolute Gasteiger partial charge is 0.497 e. The van der Waals surface area contributed by atoms with E-state index in [2.05, 4.69) is 59.7 Å². The van der Waals surface area contributed by atoms with E-state index in [-0.39, 0.29) is 5.91 Å². The average Bonchev–Trinajstić information content (AvgIpc) is 3.53. The van der Waals surface area contributed by atoms with E-state index in [1.807, 2.05) is 54.7 Å². The third-order valence-corrected chi connectivity index (χ3v) is 7.67. The summed E-state index contributed by atoms with van der Waals surface area (Å²) < 4.78 is 6.42. The summed E-state index contributed by atoms with van der Waals surface area (Å²) in [5, 5.41) is 5.14. The van der Waals surface area contributed by atoms with E-state index in [4.69, 9.17) is 4.74 Å². The van der Waals surface area contributed by atoms with Crippen LogP contribution in [0.25, 0.3) is 42.6 Å². The van der Waals surface area contributed by atoms with Gasteiger partial charge in [-0.1, -0.05) is 42.0 Å². The fourth-order valence-corrected chi connectivity index (χ4v) is 5.76. The summed E-state index contributed by atoms with van der Waals surface area (Å²) in [5.41, 5.74) is 7.00. The van der Waals surface area contributed by atoms with Crippen molar-refractivity contribution in [3.05, 3.63) is 108 Å². The number of amides is 1. The average molecular weight is 489 g/mol. The molecule has 6 aromatic rings. The van der Waals surface area contributed by atoms with Crippen LogP contribution < -0.4 is 10.1 Å². The number of aromatic nitrogens is 1. The van der Waals surface area contributed by atoms with Crippen LogP contribution in [0.5, 0.6) is 5.75 Å². The first-order valence-electron chi connectivity index (χ1n) is 11.8. The highest BCUT2D eigenvalue weighted by Crippen LogP contribution is 2.41. The molecule has 0 aliphatic carbocycles. The van der Waals surface area contributed by atoms with Crippen LogP contribution >= 0.6 is 11.3 Å². The van der Waals surface area contributed by atoms with Crippen LogP contribution in [0.3, 0.4) is 0 Å². The minimum absolute atomic E-state index is 0.120. The predicted octanol–water partition coefficient (Wildman–Crippen LogP) is 8.29. The van der Waals surface area contributed by atoms with Crippen molar-refractivity contribution in [2.24, 2.45) is 0 Å². The number of rotatable bonds is 5. The van der Waals surface area contributed by atoms with E-state index in [0.717, 1.165) is 54.0 Å². The molecular formula is C31H24N2O2S. The van der Waals surface area contributed by atoms with Gasteiger partial charge in [0.05, 0.1) is 12.7 Å². The van der Waals surface area contributed by atoms with Crippen LogP contribution in [-0.2, 0) is 0 Å². The summed E-state index contributed by atoms with van der Waals surface area (Å²) in [4.78, 5) is 17.9. The van der Waals surface area contributed by atoms with E-state index in [0.29, 0.717) is 5.56 Å². The van der Waals surface area contributed by atoms with Crippen molar-refractivity contribution in [1.82, 2.24) is 4.98 Å². The monoisotopic (exact) mass is 488 g/mol. The lowest BCUT2D eigenvalue weighted by Gasteiger charge is -2.09. The van der Waals surface area contributed by atoms with Gasteiger partial charge in [-0.25, -0.2) is 0 Å². The number of anilines is 1. The van der Waals surface area contributed by atoms with Crippen molar-refractivity contribution in [2.45, 2.75) is 6.92 Å². The van der Waals surface area contributed by atoms with Gasteiger partial charge in [0, 0.05) is 37.8 Å². The second-order valence-electron chi connectivity index (χ2n) is 8.85. The number of benzene rings is 4. The van der Waals surface area contributed by atoms with Crippen molar-refractivity contribution >= 4 is 43.9 Å². The third-order valence-electron chi connectivity index (χ3n) is 6.47. The maximum absolute atomic E-state index is 13.7. The summed E-state index contributed by atoms with van der Waals surface area (Å²) >= 11 is 1.64. The van der Waals surface area contributed by atoms with Gasteiger partial charge < -0.3 is 15.0 Å². The third kappa shape index (κ3) is 4.04. The first-order valence-corrected chi connectivity index (χ1v) is 12.6. The molecule has 0 radical (unpaired) electrons. The van der Waals surface area contributed by atoms with E-state index >= 15 is 0 Å². The second kappa shape index (κ2) is 9.02. The molecule has 0 spiro atoms. The summed E-state index contributed by atoms with van der Waals surface area (Å²) in [6.45, 7) is 2.09. The Kier molecular flexibility index (Phi) is 5.55. The smallest absolute Gasteiger partial charge is 0.257 e. The second-order valence-corrected chi connectivity index (χ2v) is 9.90. The van der Waals surface area contributed by atoms with Gasteiger partial charge in [-0.15, -0.1) is 11.3 Å². The maximum atomic E-state index is 13.7. The van der Waals surface area contributed by atoms with Crippen LogP contribution in [0.15, 0.2) is 97.2 Å². The lowest BCUT2D eigenvalue weighted by atomic mass is 10.0. The summed E-state index contributed by atoms with van der Waals surface area (Å²) in [7, 11) is 1.65. The SMILES string of the molecule is COc1ccc(-c2sc3cc(-c4ccc(C)cc4)ccc3c2C(=O)Nc2ccc3[nH]ccc3c2)cc1. The molecule has 2 aromatic heterocycles. The van der Waals surface area contributed by atoms with Crippen molar-refractivity contribution in [3.63, 3.8) is 0 Å². The van der Waals surface area contributed by atoms with Gasteiger partial charge in [-0.2, -0.15) is 0 Å². The number of hydrogen-bond donors (Lipinski definition) is 2. The number of thiophene rings is 1. The molecule has 4 aromatic carbocycles. The molecule has 0 aliphatic heterocycles. The maximum Gasteiger partial charge on any atom is 0.257 e. The molecule has 2 N–H and O–H groups in total. The van der Waals surface area contributed by atoms with Gasteiger partial charge in [0.15, 0.2) is 0 Å². The number of carbonyl (C=O) groups excluding carboxylic acids is 1. The van der Waals surface area contributed by atoms with Gasteiger partial charge in [-0.3, -0.25) is 4.79 Å². The summed E-state index contributed by atoms with van der Waals surface area (Å²) in [6, 6.07) is 30.6. The first-order chi connectivity index (χ1) is 17.6. The number of aryl methyl sites for hydroxylation is 1. The standard InChI is InChI=1S/C31H24N2O2S/c1-19-3-5-20(6-4-19)22-9-13-26-28(18-22)36-30(21-7-11-25(35-2)12-8-21)29(26)31(34)33-24-10-14-27-23(17-24)15-16-32-27/h3-18,32H,1-2H3,(H,33,34). The highest BCUT2D eigenvalue weighted by molar-refractivity contribution is 7.22. The Morgan fingerprint density at radius 3 is 2.36 bits per heavy atom. The van der Waals surface area contributed by atoms with E-state index < -0.39 is 0 Å². The number of ether oxygens (including phenoxy) is 1. The predicted molar refractivity (Wildman–Crippen MR) is 150 cm³/mol. The number of carbonyl (C=O) groups is 1. The van der Waals surface area contributed by atoms with Crippen LogP contribution in [-0.4, -0.2) is 18.0 Å². The van der Waals surface area contributed by atoms with E-state index in [1.165, 1.54) is 5.56 Å². The van der Waals surface area contributed by atoms with Crippen molar-refractivity contribution in [2.75, 3.05) is 12.4 Å². The quantitative estimate of drug-likeness (QED) is 0.256. The van der Waals surface area contributed by atoms with Crippen molar-refractivity contribution in [1.29, 1.82) is 0 Å².